The molecule has 3 aromatic rings. The lowest BCUT2D eigenvalue weighted by Gasteiger charge is -2.34. The Balaban J connectivity index is 1.89. The number of hydrogen-bond donors (Lipinski definition) is 3. The normalized spacial score (nSPS) is 14.4. The second-order valence-corrected chi connectivity index (χ2v) is 8.75. The average Bonchev–Trinajstić information content (AvgIpc) is 2.79. The van der Waals surface area contributed by atoms with Gasteiger partial charge < -0.3 is 14.9 Å². The van der Waals surface area contributed by atoms with E-state index < -0.39 is 5.82 Å². The monoisotopic (exact) mass is 464 g/mol. The van der Waals surface area contributed by atoms with Crippen LogP contribution in [0, 0.1) is 23.6 Å². The fraction of sp³-hybridized carbons (Fsp3) is 0.231. The number of amidine groups is 1. The summed E-state index contributed by atoms with van der Waals surface area (Å²) in [5, 5.41) is 28.5. The molecule has 1 heterocycles. The average molecular weight is 465 g/mol. The van der Waals surface area contributed by atoms with Crippen molar-refractivity contribution in [2.75, 3.05) is 33.2 Å². The highest BCUT2D eigenvalue weighted by Crippen LogP contribution is 2.38. The van der Waals surface area contributed by atoms with Crippen LogP contribution in [0.3, 0.4) is 0 Å². The molecule has 1 aliphatic rings. The molecule has 1 fully saturated rings. The Labute approximate surface area is 198 Å². The van der Waals surface area contributed by atoms with Crippen molar-refractivity contribution in [2.45, 2.75) is 6.92 Å². The Kier molecular flexibility index (Phi) is 6.49. The zero-order valence-electron chi connectivity index (χ0n) is 18.6. The van der Waals surface area contributed by atoms with E-state index in [-0.39, 0.29) is 33.4 Å². The van der Waals surface area contributed by atoms with Gasteiger partial charge in [-0.3, -0.25) is 10.8 Å². The molecular formula is C26H26ClFN4O. The third-order valence-corrected chi connectivity index (χ3v) is 6.44. The van der Waals surface area contributed by atoms with E-state index >= 15 is 0 Å². The van der Waals surface area contributed by atoms with E-state index in [4.69, 9.17) is 22.4 Å². The summed E-state index contributed by atoms with van der Waals surface area (Å²) in [4.78, 5) is 4.18. The van der Waals surface area contributed by atoms with Gasteiger partial charge in [-0.05, 0) is 43.8 Å². The molecule has 5 nitrogen and oxygen atoms in total. The maximum atomic E-state index is 14.7. The van der Waals surface area contributed by atoms with Gasteiger partial charge in [-0.15, -0.1) is 0 Å². The van der Waals surface area contributed by atoms with Crippen LogP contribution in [0.1, 0.15) is 22.3 Å². The number of nitrogens with one attached hydrogen (secondary N) is 2. The highest BCUT2D eigenvalue weighted by atomic mass is 35.5. The highest BCUT2D eigenvalue weighted by Gasteiger charge is 2.25. The first-order chi connectivity index (χ1) is 15.8. The maximum absolute atomic E-state index is 14.7. The fourth-order valence-corrected chi connectivity index (χ4v) is 4.40. The minimum absolute atomic E-state index is 0.0148. The summed E-state index contributed by atoms with van der Waals surface area (Å²) in [7, 11) is 2.05. The number of aryl methyl sites for hydroxylation is 1. The minimum atomic E-state index is -0.604. The van der Waals surface area contributed by atoms with E-state index in [1.165, 1.54) is 18.2 Å². The molecule has 0 aromatic heterocycles. The molecule has 3 aromatic carbocycles. The number of rotatable bonds is 4. The van der Waals surface area contributed by atoms with Crippen LogP contribution in [0.25, 0.3) is 11.1 Å². The molecule has 3 N–H and O–H groups in total. The van der Waals surface area contributed by atoms with E-state index in [2.05, 4.69) is 4.90 Å². The van der Waals surface area contributed by atoms with Gasteiger partial charge in [0.05, 0.1) is 11.3 Å². The molecule has 33 heavy (non-hydrogen) atoms. The van der Waals surface area contributed by atoms with Crippen LogP contribution in [0.5, 0.6) is 5.75 Å². The van der Waals surface area contributed by atoms with Gasteiger partial charge in [0, 0.05) is 53.5 Å². The summed E-state index contributed by atoms with van der Waals surface area (Å²) in [6.07, 6.45) is 0. The number of nitrogens with zero attached hydrogens (tertiary/aromatic N) is 2. The van der Waals surface area contributed by atoms with Crippen molar-refractivity contribution in [2.24, 2.45) is 0 Å². The van der Waals surface area contributed by atoms with Crippen molar-refractivity contribution in [1.29, 1.82) is 10.8 Å². The molecule has 0 spiro atoms. The number of benzene rings is 3. The van der Waals surface area contributed by atoms with Gasteiger partial charge in [-0.2, -0.15) is 0 Å². The number of phenols is 1. The van der Waals surface area contributed by atoms with Crippen LogP contribution in [-0.4, -0.2) is 59.7 Å². The second kappa shape index (κ2) is 9.33. The summed E-state index contributed by atoms with van der Waals surface area (Å²) in [6, 6.07) is 14.9. The van der Waals surface area contributed by atoms with Gasteiger partial charge in [-0.25, -0.2) is 4.39 Å². The number of halogens is 2. The van der Waals surface area contributed by atoms with E-state index in [9.17, 15) is 9.50 Å². The molecule has 0 saturated carbocycles. The van der Waals surface area contributed by atoms with Gasteiger partial charge in [0.1, 0.15) is 17.4 Å². The summed E-state index contributed by atoms with van der Waals surface area (Å²) in [6.45, 7) is 4.98. The predicted molar refractivity (Wildman–Crippen MR) is 132 cm³/mol. The molecule has 1 saturated heterocycles. The van der Waals surface area contributed by atoms with E-state index in [0.29, 0.717) is 24.2 Å². The maximum Gasteiger partial charge on any atom is 0.134 e. The lowest BCUT2D eigenvalue weighted by molar-refractivity contribution is 0.215. The van der Waals surface area contributed by atoms with E-state index in [0.717, 1.165) is 24.2 Å². The Morgan fingerprint density at radius 3 is 2.30 bits per heavy atom. The number of phenolic OH excluding ortho intramolecular Hbond substituents is 1. The van der Waals surface area contributed by atoms with Gasteiger partial charge in [0.25, 0.3) is 0 Å². The lowest BCUT2D eigenvalue weighted by atomic mass is 9.90. The van der Waals surface area contributed by atoms with Crippen LogP contribution in [-0.2, 0) is 0 Å². The van der Waals surface area contributed by atoms with E-state index in [1.807, 2.05) is 43.1 Å². The standard InChI is InChI=1S/C26H26ClFN4O/c1-16-6-3-4-7-17(16)25(29)18-14-20(24-22(28)8-5-9-23(24)33)21(27)15-19(18)26(30)32-12-10-31(2)11-13-32/h3-9,14-15,29-30,33H,10-13H2,1-2H3. The molecule has 0 bridgehead atoms. The van der Waals surface area contributed by atoms with Crippen LogP contribution < -0.4 is 0 Å². The first kappa shape index (κ1) is 23.0. The molecule has 7 heteroatoms. The van der Waals surface area contributed by atoms with Crippen molar-refractivity contribution in [3.8, 4) is 16.9 Å². The SMILES string of the molecule is Cc1ccccc1C(=N)c1cc(-c2c(O)cccc2F)c(Cl)cc1C(=N)N1CCN(C)CC1. The van der Waals surface area contributed by atoms with Crippen molar-refractivity contribution in [3.63, 3.8) is 0 Å². The van der Waals surface area contributed by atoms with Crippen LogP contribution in [0.15, 0.2) is 54.6 Å². The first-order valence-corrected chi connectivity index (χ1v) is 11.1. The molecule has 0 unspecified atom stereocenters. The number of likely N-dealkylation sites (N-methyl/N-ethyl adjacent to an activating group) is 1. The summed E-state index contributed by atoms with van der Waals surface area (Å²) in [5.41, 5.74) is 3.11. The molecule has 0 amide bonds. The van der Waals surface area contributed by atoms with Gasteiger partial charge >= 0.3 is 0 Å². The zero-order valence-corrected chi connectivity index (χ0v) is 19.4. The molecule has 0 radical (unpaired) electrons. The fourth-order valence-electron chi connectivity index (χ4n) is 4.15. The lowest BCUT2D eigenvalue weighted by Crippen LogP contribution is -2.47. The van der Waals surface area contributed by atoms with Gasteiger partial charge in [0.2, 0.25) is 0 Å². The van der Waals surface area contributed by atoms with Crippen LogP contribution in [0.4, 0.5) is 4.39 Å². The van der Waals surface area contributed by atoms with Crippen LogP contribution in [0.2, 0.25) is 5.02 Å². The highest BCUT2D eigenvalue weighted by molar-refractivity contribution is 6.34. The number of piperazine rings is 1. The Hall–Kier alpha value is -3.22. The molecule has 0 aliphatic carbocycles. The van der Waals surface area contributed by atoms with Crippen molar-refractivity contribution in [3.05, 3.63) is 87.7 Å². The van der Waals surface area contributed by atoms with Crippen LogP contribution >= 0.6 is 11.6 Å². The second-order valence-electron chi connectivity index (χ2n) is 8.34. The topological polar surface area (TPSA) is 74.4 Å². The third kappa shape index (κ3) is 4.49. The molecule has 1 aliphatic heterocycles. The first-order valence-electron chi connectivity index (χ1n) is 10.8. The molecule has 0 atom stereocenters. The Morgan fingerprint density at radius 2 is 1.64 bits per heavy atom. The van der Waals surface area contributed by atoms with Crippen molar-refractivity contribution >= 4 is 23.1 Å². The minimum Gasteiger partial charge on any atom is -0.507 e. The predicted octanol–water partition coefficient (Wildman–Crippen LogP) is 5.15. The summed E-state index contributed by atoms with van der Waals surface area (Å²) >= 11 is 6.60. The quantitative estimate of drug-likeness (QED) is 0.369. The van der Waals surface area contributed by atoms with Gasteiger partial charge in [-0.1, -0.05) is 41.9 Å². The van der Waals surface area contributed by atoms with E-state index in [1.54, 1.807) is 12.1 Å². The Morgan fingerprint density at radius 1 is 0.939 bits per heavy atom. The number of aromatic hydroxyl groups is 1. The Bertz CT molecular complexity index is 1210. The zero-order chi connectivity index (χ0) is 23.7. The molecule has 4 rings (SSSR count). The van der Waals surface area contributed by atoms with Crippen molar-refractivity contribution in [1.82, 2.24) is 9.80 Å². The van der Waals surface area contributed by atoms with Crippen molar-refractivity contribution < 1.29 is 9.50 Å². The number of hydrogen-bond acceptors (Lipinski definition) is 4. The smallest absolute Gasteiger partial charge is 0.134 e. The molecular weight excluding hydrogens is 439 g/mol. The van der Waals surface area contributed by atoms with Gasteiger partial charge in [0.15, 0.2) is 0 Å². The largest absolute Gasteiger partial charge is 0.507 e. The third-order valence-electron chi connectivity index (χ3n) is 6.13. The summed E-state index contributed by atoms with van der Waals surface area (Å²) < 4.78 is 14.7. The molecule has 170 valence electrons. The summed E-state index contributed by atoms with van der Waals surface area (Å²) in [5.74, 6) is -0.554.